The van der Waals surface area contributed by atoms with Gasteiger partial charge in [-0.25, -0.2) is 4.79 Å². The molecule has 20 heavy (non-hydrogen) atoms. The molecule has 0 atom stereocenters. The van der Waals surface area contributed by atoms with Crippen LogP contribution in [-0.4, -0.2) is 20.9 Å². The van der Waals surface area contributed by atoms with Gasteiger partial charge < -0.3 is 5.11 Å². The Morgan fingerprint density at radius 3 is 2.35 bits per heavy atom. The largest absolute Gasteiger partial charge is 0.478 e. The standard InChI is InChI=1S/C16H20N2O2/c1-10(2)9-18-12(4)15(11(3)17-18)13-5-7-14(8-6-13)16(19)20/h5-8,10H,9H2,1-4H3,(H,19,20). The Hall–Kier alpha value is -2.10. The molecule has 0 bridgehead atoms. The zero-order valence-electron chi connectivity index (χ0n) is 12.3. The minimum atomic E-state index is -0.902. The average molecular weight is 272 g/mol. The van der Waals surface area contributed by atoms with Gasteiger partial charge in [0.15, 0.2) is 0 Å². The molecule has 0 spiro atoms. The molecule has 2 rings (SSSR count). The van der Waals surface area contributed by atoms with E-state index in [0.717, 1.165) is 29.1 Å². The van der Waals surface area contributed by atoms with Crippen LogP contribution in [0.25, 0.3) is 11.1 Å². The summed E-state index contributed by atoms with van der Waals surface area (Å²) in [6.45, 7) is 9.27. The van der Waals surface area contributed by atoms with E-state index in [1.165, 1.54) is 0 Å². The first-order valence-electron chi connectivity index (χ1n) is 6.78. The van der Waals surface area contributed by atoms with Crippen molar-refractivity contribution >= 4 is 5.97 Å². The molecule has 1 aromatic carbocycles. The van der Waals surface area contributed by atoms with E-state index in [2.05, 4.69) is 25.9 Å². The predicted molar refractivity (Wildman–Crippen MR) is 78.9 cm³/mol. The molecule has 0 saturated heterocycles. The van der Waals surface area contributed by atoms with Crippen molar-refractivity contribution in [3.05, 3.63) is 41.2 Å². The highest BCUT2D eigenvalue weighted by Crippen LogP contribution is 2.27. The average Bonchev–Trinajstić information content (AvgIpc) is 2.64. The number of aromatic carboxylic acids is 1. The van der Waals surface area contributed by atoms with Crippen LogP contribution in [0.2, 0.25) is 0 Å². The molecule has 0 unspecified atom stereocenters. The number of carbonyl (C=O) groups is 1. The zero-order valence-corrected chi connectivity index (χ0v) is 12.3. The lowest BCUT2D eigenvalue weighted by atomic mass is 10.0. The monoisotopic (exact) mass is 272 g/mol. The van der Waals surface area contributed by atoms with E-state index in [-0.39, 0.29) is 0 Å². The Bertz CT molecular complexity index is 625. The van der Waals surface area contributed by atoms with Gasteiger partial charge in [0.2, 0.25) is 0 Å². The smallest absolute Gasteiger partial charge is 0.335 e. The number of nitrogens with zero attached hydrogens (tertiary/aromatic N) is 2. The first-order valence-corrected chi connectivity index (χ1v) is 6.78. The predicted octanol–water partition coefficient (Wildman–Crippen LogP) is 3.52. The van der Waals surface area contributed by atoms with Gasteiger partial charge in [0.05, 0.1) is 11.3 Å². The summed E-state index contributed by atoms with van der Waals surface area (Å²) in [6.07, 6.45) is 0. The molecule has 4 heteroatoms. The number of rotatable bonds is 4. The maximum Gasteiger partial charge on any atom is 0.335 e. The van der Waals surface area contributed by atoms with Crippen LogP contribution in [0.3, 0.4) is 0 Å². The van der Waals surface area contributed by atoms with E-state index in [1.807, 2.05) is 23.7 Å². The number of benzene rings is 1. The SMILES string of the molecule is Cc1nn(CC(C)C)c(C)c1-c1ccc(C(=O)O)cc1. The highest BCUT2D eigenvalue weighted by Gasteiger charge is 2.14. The van der Waals surface area contributed by atoms with Crippen molar-refractivity contribution in [2.75, 3.05) is 0 Å². The fourth-order valence-electron chi connectivity index (χ4n) is 2.42. The molecule has 1 N–H and O–H groups in total. The zero-order chi connectivity index (χ0) is 14.9. The Kier molecular flexibility index (Phi) is 3.93. The van der Waals surface area contributed by atoms with Gasteiger partial charge in [0, 0.05) is 17.8 Å². The summed E-state index contributed by atoms with van der Waals surface area (Å²) in [4.78, 5) is 10.9. The van der Waals surface area contributed by atoms with Gasteiger partial charge in [-0.1, -0.05) is 26.0 Å². The van der Waals surface area contributed by atoms with Crippen molar-refractivity contribution in [2.45, 2.75) is 34.2 Å². The maximum absolute atomic E-state index is 10.9. The summed E-state index contributed by atoms with van der Waals surface area (Å²) < 4.78 is 2.03. The van der Waals surface area contributed by atoms with Crippen LogP contribution in [-0.2, 0) is 6.54 Å². The highest BCUT2D eigenvalue weighted by atomic mass is 16.4. The van der Waals surface area contributed by atoms with Gasteiger partial charge in [-0.05, 0) is 37.5 Å². The molecule has 0 fully saturated rings. The normalized spacial score (nSPS) is 11.1. The van der Waals surface area contributed by atoms with Crippen molar-refractivity contribution < 1.29 is 9.90 Å². The first-order chi connectivity index (χ1) is 9.40. The van der Waals surface area contributed by atoms with Gasteiger partial charge >= 0.3 is 5.97 Å². The van der Waals surface area contributed by atoms with Crippen LogP contribution in [0, 0.1) is 19.8 Å². The topological polar surface area (TPSA) is 55.1 Å². The van der Waals surface area contributed by atoms with Crippen molar-refractivity contribution in [3.8, 4) is 11.1 Å². The first kappa shape index (κ1) is 14.3. The van der Waals surface area contributed by atoms with Crippen LogP contribution in [0.5, 0.6) is 0 Å². The van der Waals surface area contributed by atoms with E-state index in [9.17, 15) is 4.79 Å². The van der Waals surface area contributed by atoms with Crippen LogP contribution in [0.4, 0.5) is 0 Å². The number of aryl methyl sites for hydroxylation is 1. The van der Waals surface area contributed by atoms with E-state index < -0.39 is 5.97 Å². The third-order valence-corrected chi connectivity index (χ3v) is 3.34. The lowest BCUT2D eigenvalue weighted by Gasteiger charge is -2.08. The second-order valence-corrected chi connectivity index (χ2v) is 5.50. The summed E-state index contributed by atoms with van der Waals surface area (Å²) in [6, 6.07) is 6.97. The molecule has 4 nitrogen and oxygen atoms in total. The molecule has 106 valence electrons. The van der Waals surface area contributed by atoms with Crippen molar-refractivity contribution in [1.29, 1.82) is 0 Å². The molecule has 0 aliphatic rings. The van der Waals surface area contributed by atoms with Crippen molar-refractivity contribution in [2.24, 2.45) is 5.92 Å². The van der Waals surface area contributed by atoms with Gasteiger partial charge in [-0.2, -0.15) is 5.10 Å². The molecule has 1 heterocycles. The quantitative estimate of drug-likeness (QED) is 0.926. The molecular formula is C16H20N2O2. The molecule has 0 saturated carbocycles. The second kappa shape index (κ2) is 5.49. The number of hydrogen-bond acceptors (Lipinski definition) is 2. The second-order valence-electron chi connectivity index (χ2n) is 5.50. The maximum atomic E-state index is 10.9. The Morgan fingerprint density at radius 2 is 1.85 bits per heavy atom. The minimum absolute atomic E-state index is 0.304. The molecule has 0 amide bonds. The van der Waals surface area contributed by atoms with E-state index in [4.69, 9.17) is 5.11 Å². The van der Waals surface area contributed by atoms with Gasteiger partial charge in [-0.15, -0.1) is 0 Å². The summed E-state index contributed by atoms with van der Waals surface area (Å²) in [5.41, 5.74) is 4.52. The number of aromatic nitrogens is 2. The summed E-state index contributed by atoms with van der Waals surface area (Å²) >= 11 is 0. The Labute approximate surface area is 119 Å². The van der Waals surface area contributed by atoms with Gasteiger partial charge in [-0.3, -0.25) is 4.68 Å². The Morgan fingerprint density at radius 1 is 1.25 bits per heavy atom. The molecule has 2 aromatic rings. The molecule has 0 aliphatic carbocycles. The molecule has 0 aliphatic heterocycles. The molecule has 0 radical (unpaired) electrons. The highest BCUT2D eigenvalue weighted by molar-refractivity contribution is 5.88. The lowest BCUT2D eigenvalue weighted by molar-refractivity contribution is 0.0697. The minimum Gasteiger partial charge on any atom is -0.478 e. The summed E-state index contributed by atoms with van der Waals surface area (Å²) in [5, 5.41) is 13.5. The third-order valence-electron chi connectivity index (χ3n) is 3.34. The van der Waals surface area contributed by atoms with Crippen molar-refractivity contribution in [3.63, 3.8) is 0 Å². The lowest BCUT2D eigenvalue weighted by Crippen LogP contribution is -2.07. The fourth-order valence-corrected chi connectivity index (χ4v) is 2.42. The van der Waals surface area contributed by atoms with Crippen LogP contribution < -0.4 is 0 Å². The molecular weight excluding hydrogens is 252 g/mol. The Balaban J connectivity index is 2.42. The molecule has 1 aromatic heterocycles. The van der Waals surface area contributed by atoms with E-state index >= 15 is 0 Å². The van der Waals surface area contributed by atoms with E-state index in [0.29, 0.717) is 11.5 Å². The number of hydrogen-bond donors (Lipinski definition) is 1. The van der Waals surface area contributed by atoms with Crippen LogP contribution >= 0.6 is 0 Å². The summed E-state index contributed by atoms with van der Waals surface area (Å²) in [5.74, 6) is -0.365. The fraction of sp³-hybridized carbons (Fsp3) is 0.375. The van der Waals surface area contributed by atoms with Gasteiger partial charge in [0.25, 0.3) is 0 Å². The summed E-state index contributed by atoms with van der Waals surface area (Å²) in [7, 11) is 0. The third kappa shape index (κ3) is 2.74. The van der Waals surface area contributed by atoms with Crippen LogP contribution in [0.1, 0.15) is 35.6 Å². The van der Waals surface area contributed by atoms with Gasteiger partial charge in [0.1, 0.15) is 0 Å². The number of carboxylic acids is 1. The van der Waals surface area contributed by atoms with Crippen LogP contribution in [0.15, 0.2) is 24.3 Å². The van der Waals surface area contributed by atoms with Crippen molar-refractivity contribution in [1.82, 2.24) is 9.78 Å². The van der Waals surface area contributed by atoms with E-state index in [1.54, 1.807) is 12.1 Å². The number of carboxylic acid groups (broad SMARTS) is 1.